The second-order valence-corrected chi connectivity index (χ2v) is 5.75. The molecule has 0 unspecified atom stereocenters. The summed E-state index contributed by atoms with van der Waals surface area (Å²) in [5.74, 6) is 0.957. The van der Waals surface area contributed by atoms with Crippen molar-refractivity contribution in [2.75, 3.05) is 20.7 Å². The smallest absolute Gasteiger partial charge is 0.254 e. The molecule has 0 bridgehead atoms. The average Bonchev–Trinajstić information content (AvgIpc) is 2.99. The van der Waals surface area contributed by atoms with E-state index in [0.717, 1.165) is 12.8 Å². The number of Topliss-reactive ketones (excluding diaryl/α,β-unsaturated/α-hetero) is 1. The SMILES string of the molecule is COc1cc(C(=O)N(C)CC(C)=O)ccc1OC1CCCC1. The van der Waals surface area contributed by atoms with E-state index in [4.69, 9.17) is 9.47 Å². The van der Waals surface area contributed by atoms with Crippen LogP contribution >= 0.6 is 0 Å². The van der Waals surface area contributed by atoms with Gasteiger partial charge in [0, 0.05) is 12.6 Å². The Bertz CT molecular complexity index is 550. The van der Waals surface area contributed by atoms with E-state index in [1.807, 2.05) is 0 Å². The lowest BCUT2D eigenvalue weighted by atomic mass is 10.1. The van der Waals surface area contributed by atoms with E-state index >= 15 is 0 Å². The molecule has 0 aromatic heterocycles. The average molecular weight is 305 g/mol. The first-order chi connectivity index (χ1) is 10.5. The number of nitrogens with zero attached hydrogens (tertiary/aromatic N) is 1. The van der Waals surface area contributed by atoms with Crippen molar-refractivity contribution in [3.63, 3.8) is 0 Å². The Morgan fingerprint density at radius 3 is 2.50 bits per heavy atom. The molecule has 0 aliphatic heterocycles. The van der Waals surface area contributed by atoms with Crippen molar-refractivity contribution in [1.29, 1.82) is 0 Å². The van der Waals surface area contributed by atoms with Gasteiger partial charge in [0.25, 0.3) is 5.91 Å². The van der Waals surface area contributed by atoms with E-state index < -0.39 is 0 Å². The highest BCUT2D eigenvalue weighted by atomic mass is 16.5. The number of hydrogen-bond acceptors (Lipinski definition) is 4. The van der Waals surface area contributed by atoms with E-state index in [9.17, 15) is 9.59 Å². The number of carbonyl (C=O) groups is 2. The Kier molecular flexibility index (Phi) is 5.41. The molecule has 1 aromatic carbocycles. The van der Waals surface area contributed by atoms with Gasteiger partial charge in [-0.25, -0.2) is 0 Å². The predicted molar refractivity (Wildman–Crippen MR) is 83.5 cm³/mol. The third kappa shape index (κ3) is 4.00. The standard InChI is InChI=1S/C17H23NO4/c1-12(19)11-18(2)17(20)13-8-9-15(16(10-13)21-3)22-14-6-4-5-7-14/h8-10,14H,4-7,11H2,1-3H3. The van der Waals surface area contributed by atoms with Crippen LogP contribution in [0.15, 0.2) is 18.2 Å². The molecule has 1 fully saturated rings. The van der Waals surface area contributed by atoms with E-state index in [1.165, 1.54) is 24.7 Å². The van der Waals surface area contributed by atoms with Crippen molar-refractivity contribution in [3.05, 3.63) is 23.8 Å². The van der Waals surface area contributed by atoms with Crippen molar-refractivity contribution in [1.82, 2.24) is 4.90 Å². The number of methoxy groups -OCH3 is 1. The highest BCUT2D eigenvalue weighted by Gasteiger charge is 2.20. The molecule has 1 saturated carbocycles. The fourth-order valence-electron chi connectivity index (χ4n) is 2.71. The third-order valence-electron chi connectivity index (χ3n) is 3.81. The molecule has 5 nitrogen and oxygen atoms in total. The maximum atomic E-state index is 12.3. The molecule has 0 heterocycles. The van der Waals surface area contributed by atoms with Crippen LogP contribution in [-0.2, 0) is 4.79 Å². The zero-order valence-corrected chi connectivity index (χ0v) is 13.4. The van der Waals surface area contributed by atoms with Crippen molar-refractivity contribution in [2.24, 2.45) is 0 Å². The summed E-state index contributed by atoms with van der Waals surface area (Å²) in [6, 6.07) is 5.15. The van der Waals surface area contributed by atoms with Crippen molar-refractivity contribution >= 4 is 11.7 Å². The Labute approximate surface area is 131 Å². The molecule has 0 spiro atoms. The number of likely N-dealkylation sites (N-methyl/N-ethyl adjacent to an activating group) is 1. The lowest BCUT2D eigenvalue weighted by Gasteiger charge is -2.18. The van der Waals surface area contributed by atoms with Crippen LogP contribution in [0.3, 0.4) is 0 Å². The molecule has 2 rings (SSSR count). The van der Waals surface area contributed by atoms with E-state index in [-0.39, 0.29) is 24.3 Å². The molecule has 1 aliphatic rings. The molecule has 1 aliphatic carbocycles. The first kappa shape index (κ1) is 16.3. The zero-order valence-electron chi connectivity index (χ0n) is 13.4. The Hall–Kier alpha value is -2.04. The fourth-order valence-corrected chi connectivity index (χ4v) is 2.71. The summed E-state index contributed by atoms with van der Waals surface area (Å²) in [6.45, 7) is 1.56. The van der Waals surface area contributed by atoms with Gasteiger partial charge in [-0.15, -0.1) is 0 Å². The first-order valence-corrected chi connectivity index (χ1v) is 7.61. The minimum Gasteiger partial charge on any atom is -0.493 e. The second kappa shape index (κ2) is 7.29. The Morgan fingerprint density at radius 1 is 1.23 bits per heavy atom. The number of hydrogen-bond donors (Lipinski definition) is 0. The van der Waals surface area contributed by atoms with E-state index in [0.29, 0.717) is 17.1 Å². The summed E-state index contributed by atoms with van der Waals surface area (Å²) in [5.41, 5.74) is 0.486. The maximum Gasteiger partial charge on any atom is 0.254 e. The zero-order chi connectivity index (χ0) is 16.1. The van der Waals surface area contributed by atoms with Gasteiger partial charge < -0.3 is 14.4 Å². The van der Waals surface area contributed by atoms with Crippen LogP contribution in [0.1, 0.15) is 43.0 Å². The van der Waals surface area contributed by atoms with Crippen molar-refractivity contribution < 1.29 is 19.1 Å². The quantitative estimate of drug-likeness (QED) is 0.811. The second-order valence-electron chi connectivity index (χ2n) is 5.75. The van der Waals surface area contributed by atoms with E-state index in [2.05, 4.69) is 0 Å². The molecule has 0 saturated heterocycles. The minimum atomic E-state index is -0.207. The topological polar surface area (TPSA) is 55.8 Å². The summed E-state index contributed by atoms with van der Waals surface area (Å²) in [6.07, 6.45) is 4.74. The van der Waals surface area contributed by atoms with Gasteiger partial charge >= 0.3 is 0 Å². The van der Waals surface area contributed by atoms with Crippen LogP contribution in [0, 0.1) is 0 Å². The molecular formula is C17H23NO4. The van der Waals surface area contributed by atoms with E-state index in [1.54, 1.807) is 32.4 Å². The molecule has 0 N–H and O–H groups in total. The lowest BCUT2D eigenvalue weighted by molar-refractivity contribution is -0.117. The molecular weight excluding hydrogens is 282 g/mol. The summed E-state index contributed by atoms with van der Waals surface area (Å²) in [7, 11) is 3.17. The number of benzene rings is 1. The lowest BCUT2D eigenvalue weighted by Crippen LogP contribution is -2.31. The van der Waals surface area contributed by atoms with Crippen LogP contribution in [0.2, 0.25) is 0 Å². The summed E-state index contributed by atoms with van der Waals surface area (Å²) < 4.78 is 11.3. The van der Waals surface area contributed by atoms with Gasteiger partial charge in [-0.05, 0) is 50.8 Å². The first-order valence-electron chi connectivity index (χ1n) is 7.61. The van der Waals surface area contributed by atoms with Crippen LogP contribution in [0.25, 0.3) is 0 Å². The van der Waals surface area contributed by atoms with Crippen LogP contribution in [-0.4, -0.2) is 43.4 Å². The molecule has 5 heteroatoms. The van der Waals surface area contributed by atoms with Crippen molar-refractivity contribution in [3.8, 4) is 11.5 Å². The largest absolute Gasteiger partial charge is 0.493 e. The van der Waals surface area contributed by atoms with Gasteiger partial charge in [-0.3, -0.25) is 9.59 Å². The van der Waals surface area contributed by atoms with Gasteiger partial charge in [-0.1, -0.05) is 0 Å². The molecule has 1 aromatic rings. The fraction of sp³-hybridized carbons (Fsp3) is 0.529. The van der Waals surface area contributed by atoms with Gasteiger partial charge in [0.1, 0.15) is 5.78 Å². The van der Waals surface area contributed by atoms with Gasteiger partial charge in [-0.2, -0.15) is 0 Å². The highest BCUT2D eigenvalue weighted by Crippen LogP contribution is 2.32. The number of ether oxygens (including phenoxy) is 2. The Balaban J connectivity index is 2.13. The monoisotopic (exact) mass is 305 g/mol. The van der Waals surface area contributed by atoms with Gasteiger partial charge in [0.05, 0.1) is 19.8 Å². The van der Waals surface area contributed by atoms with Crippen molar-refractivity contribution in [2.45, 2.75) is 38.7 Å². The molecule has 1 amide bonds. The predicted octanol–water partition coefficient (Wildman–Crippen LogP) is 2.68. The van der Waals surface area contributed by atoms with Crippen LogP contribution < -0.4 is 9.47 Å². The van der Waals surface area contributed by atoms with Gasteiger partial charge in [0.2, 0.25) is 0 Å². The summed E-state index contributed by atoms with van der Waals surface area (Å²) in [5, 5.41) is 0. The molecule has 0 atom stereocenters. The normalized spacial score (nSPS) is 14.7. The molecule has 0 radical (unpaired) electrons. The van der Waals surface area contributed by atoms with Crippen LogP contribution in [0.4, 0.5) is 0 Å². The van der Waals surface area contributed by atoms with Gasteiger partial charge in [0.15, 0.2) is 11.5 Å². The Morgan fingerprint density at radius 2 is 1.91 bits per heavy atom. The number of ketones is 1. The maximum absolute atomic E-state index is 12.3. The highest BCUT2D eigenvalue weighted by molar-refractivity contribution is 5.96. The molecule has 120 valence electrons. The number of rotatable bonds is 6. The summed E-state index contributed by atoms with van der Waals surface area (Å²) in [4.78, 5) is 24.8. The summed E-state index contributed by atoms with van der Waals surface area (Å²) >= 11 is 0. The third-order valence-corrected chi connectivity index (χ3v) is 3.81. The minimum absolute atomic E-state index is 0.0519. The van der Waals surface area contributed by atoms with Crippen LogP contribution in [0.5, 0.6) is 11.5 Å². The number of amides is 1. The molecule has 22 heavy (non-hydrogen) atoms. The number of carbonyl (C=O) groups excluding carboxylic acids is 2.